The predicted molar refractivity (Wildman–Crippen MR) is 109 cm³/mol. The van der Waals surface area contributed by atoms with Crippen molar-refractivity contribution in [3.63, 3.8) is 0 Å². The fourth-order valence-corrected chi connectivity index (χ4v) is 3.40. The fraction of sp³-hybridized carbons (Fsp3) is 0.381. The lowest BCUT2D eigenvalue weighted by molar-refractivity contribution is -0.137. The molecular formula is C21H24F3NO5S. The Bertz CT molecular complexity index is 1040. The molecule has 0 heterocycles. The molecule has 170 valence electrons. The van der Waals surface area contributed by atoms with E-state index < -0.39 is 27.8 Å². The molecule has 0 aliphatic rings. The molecule has 0 aromatic heterocycles. The van der Waals surface area contributed by atoms with Gasteiger partial charge in [-0.1, -0.05) is 26.0 Å². The summed E-state index contributed by atoms with van der Waals surface area (Å²) in [6.07, 6.45) is -3.67. The molecule has 0 saturated heterocycles. The lowest BCUT2D eigenvalue weighted by atomic mass is 10.1. The van der Waals surface area contributed by atoms with Gasteiger partial charge in [0, 0.05) is 18.7 Å². The number of hydrogen-bond acceptors (Lipinski definition) is 5. The number of hydrogen-bond donors (Lipinski definition) is 0. The zero-order chi connectivity index (χ0) is 23.4. The van der Waals surface area contributed by atoms with E-state index in [9.17, 15) is 26.4 Å². The summed E-state index contributed by atoms with van der Waals surface area (Å²) in [7, 11) is -2.47. The zero-order valence-electron chi connectivity index (χ0n) is 17.6. The first-order valence-corrected chi connectivity index (χ1v) is 11.1. The Morgan fingerprint density at radius 3 is 2.32 bits per heavy atom. The van der Waals surface area contributed by atoms with Gasteiger partial charge in [-0.3, -0.25) is 4.79 Å². The normalized spacial score (nSPS) is 12.0. The second-order valence-corrected chi connectivity index (χ2v) is 9.01. The largest absolute Gasteiger partial charge is 0.493 e. The smallest absolute Gasteiger partial charge is 0.416 e. The van der Waals surface area contributed by atoms with Crippen molar-refractivity contribution in [1.29, 1.82) is 0 Å². The Kier molecular flexibility index (Phi) is 7.58. The van der Waals surface area contributed by atoms with Crippen LogP contribution in [-0.2, 0) is 22.8 Å². The van der Waals surface area contributed by atoms with E-state index in [4.69, 9.17) is 8.92 Å². The SMILES string of the molecule is COc1ccc(CN(CC(C)C)C(=O)c2cccc(C(F)(F)F)c2)cc1OS(C)(=O)=O. The number of benzene rings is 2. The number of nitrogens with zero attached hydrogens (tertiary/aromatic N) is 1. The first kappa shape index (κ1) is 24.5. The first-order chi connectivity index (χ1) is 14.3. The molecule has 1 amide bonds. The number of amides is 1. The molecule has 0 fully saturated rings. The van der Waals surface area contributed by atoms with E-state index in [0.717, 1.165) is 18.4 Å². The van der Waals surface area contributed by atoms with Crippen LogP contribution in [0.3, 0.4) is 0 Å². The maximum absolute atomic E-state index is 13.0. The molecule has 0 N–H and O–H groups in total. The van der Waals surface area contributed by atoms with Crippen LogP contribution in [0.2, 0.25) is 0 Å². The van der Waals surface area contributed by atoms with Gasteiger partial charge >= 0.3 is 16.3 Å². The summed E-state index contributed by atoms with van der Waals surface area (Å²) >= 11 is 0. The Morgan fingerprint density at radius 2 is 1.77 bits per heavy atom. The average molecular weight is 459 g/mol. The summed E-state index contributed by atoms with van der Waals surface area (Å²) in [6.45, 7) is 4.07. The highest BCUT2D eigenvalue weighted by atomic mass is 32.2. The van der Waals surface area contributed by atoms with Gasteiger partial charge in [0.15, 0.2) is 11.5 Å². The molecule has 0 aliphatic heterocycles. The molecule has 2 aromatic carbocycles. The maximum atomic E-state index is 13.0. The highest BCUT2D eigenvalue weighted by Crippen LogP contribution is 2.31. The van der Waals surface area contributed by atoms with Crippen LogP contribution < -0.4 is 8.92 Å². The summed E-state index contributed by atoms with van der Waals surface area (Å²) in [6, 6.07) is 8.79. The summed E-state index contributed by atoms with van der Waals surface area (Å²) in [5, 5.41) is 0. The van der Waals surface area contributed by atoms with Crippen LogP contribution >= 0.6 is 0 Å². The minimum atomic E-state index is -4.56. The van der Waals surface area contributed by atoms with E-state index in [-0.39, 0.29) is 36.1 Å². The van der Waals surface area contributed by atoms with E-state index >= 15 is 0 Å². The van der Waals surface area contributed by atoms with Gasteiger partial charge < -0.3 is 13.8 Å². The molecule has 2 aromatic rings. The fourth-order valence-electron chi connectivity index (χ4n) is 2.94. The monoisotopic (exact) mass is 459 g/mol. The molecule has 31 heavy (non-hydrogen) atoms. The van der Waals surface area contributed by atoms with E-state index in [1.807, 2.05) is 13.8 Å². The summed E-state index contributed by atoms with van der Waals surface area (Å²) in [5.74, 6) is -0.381. The van der Waals surface area contributed by atoms with Gasteiger partial charge in [0.2, 0.25) is 0 Å². The topological polar surface area (TPSA) is 72.9 Å². The molecule has 0 atom stereocenters. The number of carbonyl (C=O) groups excluding carboxylic acids is 1. The van der Waals surface area contributed by atoms with Gasteiger partial charge in [-0.25, -0.2) is 0 Å². The van der Waals surface area contributed by atoms with Crippen LogP contribution in [0.5, 0.6) is 11.5 Å². The minimum Gasteiger partial charge on any atom is -0.493 e. The van der Waals surface area contributed by atoms with E-state index in [2.05, 4.69) is 0 Å². The Balaban J connectivity index is 2.38. The van der Waals surface area contributed by atoms with Gasteiger partial charge in [0.05, 0.1) is 18.9 Å². The van der Waals surface area contributed by atoms with Crippen LogP contribution in [0.1, 0.15) is 35.3 Å². The van der Waals surface area contributed by atoms with Crippen LogP contribution in [0, 0.1) is 5.92 Å². The van der Waals surface area contributed by atoms with Crippen LogP contribution in [0.4, 0.5) is 13.2 Å². The van der Waals surface area contributed by atoms with Crippen molar-refractivity contribution >= 4 is 16.0 Å². The minimum absolute atomic E-state index is 0.0391. The van der Waals surface area contributed by atoms with Crippen molar-refractivity contribution in [3.05, 3.63) is 59.2 Å². The molecule has 10 heteroatoms. The third kappa shape index (κ3) is 7.16. The van der Waals surface area contributed by atoms with E-state index in [1.54, 1.807) is 6.07 Å². The standard InChI is InChI=1S/C21H24F3NO5S/c1-14(2)12-25(20(26)16-6-5-7-17(11-16)21(22,23)24)13-15-8-9-18(29-3)19(10-15)30-31(4,27)28/h5-11,14H,12-13H2,1-4H3. The van der Waals surface area contributed by atoms with Crippen molar-refractivity contribution in [1.82, 2.24) is 4.90 Å². The number of methoxy groups -OCH3 is 1. The van der Waals surface area contributed by atoms with Crippen LogP contribution in [0.15, 0.2) is 42.5 Å². The molecule has 0 radical (unpaired) electrons. The number of rotatable bonds is 8. The number of alkyl halides is 3. The van der Waals surface area contributed by atoms with Crippen molar-refractivity contribution in [2.24, 2.45) is 5.92 Å². The van der Waals surface area contributed by atoms with E-state index in [1.165, 1.54) is 36.3 Å². The molecule has 0 aliphatic carbocycles. The Hall–Kier alpha value is -2.75. The molecule has 0 spiro atoms. The second kappa shape index (κ2) is 9.59. The number of carbonyl (C=O) groups is 1. The first-order valence-electron chi connectivity index (χ1n) is 9.33. The van der Waals surface area contributed by atoms with Gasteiger partial charge in [0.25, 0.3) is 5.91 Å². The van der Waals surface area contributed by atoms with Gasteiger partial charge in [-0.2, -0.15) is 21.6 Å². The molecule has 6 nitrogen and oxygen atoms in total. The molecular weight excluding hydrogens is 435 g/mol. The van der Waals surface area contributed by atoms with Crippen molar-refractivity contribution in [2.75, 3.05) is 19.9 Å². The lowest BCUT2D eigenvalue weighted by Crippen LogP contribution is -2.34. The average Bonchev–Trinajstić information content (AvgIpc) is 2.65. The highest BCUT2D eigenvalue weighted by molar-refractivity contribution is 7.86. The molecule has 0 saturated carbocycles. The zero-order valence-corrected chi connectivity index (χ0v) is 18.4. The van der Waals surface area contributed by atoms with Crippen molar-refractivity contribution < 1.29 is 35.3 Å². The lowest BCUT2D eigenvalue weighted by Gasteiger charge is -2.25. The number of ether oxygens (including phenoxy) is 1. The predicted octanol–water partition coefficient (Wildman–Crippen LogP) is 4.35. The van der Waals surface area contributed by atoms with Gasteiger partial charge in [0.1, 0.15) is 0 Å². The van der Waals surface area contributed by atoms with Gasteiger partial charge in [-0.15, -0.1) is 0 Å². The third-order valence-corrected chi connectivity index (χ3v) is 4.63. The third-order valence-electron chi connectivity index (χ3n) is 4.15. The number of halogens is 3. The maximum Gasteiger partial charge on any atom is 0.416 e. The second-order valence-electron chi connectivity index (χ2n) is 7.43. The van der Waals surface area contributed by atoms with Crippen LogP contribution in [-0.4, -0.2) is 39.1 Å². The quantitative estimate of drug-likeness (QED) is 0.549. The van der Waals surface area contributed by atoms with Crippen molar-refractivity contribution in [3.8, 4) is 11.5 Å². The molecule has 0 unspecified atom stereocenters. The van der Waals surface area contributed by atoms with Gasteiger partial charge in [-0.05, 0) is 41.8 Å². The molecule has 0 bridgehead atoms. The summed E-state index contributed by atoms with van der Waals surface area (Å²) in [5.41, 5.74) is -0.465. The highest BCUT2D eigenvalue weighted by Gasteiger charge is 2.31. The Labute approximate surface area is 179 Å². The summed E-state index contributed by atoms with van der Waals surface area (Å²) in [4.78, 5) is 14.4. The van der Waals surface area contributed by atoms with E-state index in [0.29, 0.717) is 5.56 Å². The van der Waals surface area contributed by atoms with Crippen molar-refractivity contribution in [2.45, 2.75) is 26.6 Å². The summed E-state index contributed by atoms with van der Waals surface area (Å²) < 4.78 is 72.2. The van der Waals surface area contributed by atoms with Crippen LogP contribution in [0.25, 0.3) is 0 Å². The Morgan fingerprint density at radius 1 is 1.10 bits per heavy atom. The molecule has 2 rings (SSSR count).